The van der Waals surface area contributed by atoms with E-state index in [9.17, 15) is 9.18 Å². The summed E-state index contributed by atoms with van der Waals surface area (Å²) in [6, 6.07) is 3.71. The quantitative estimate of drug-likeness (QED) is 0.743. The van der Waals surface area contributed by atoms with Gasteiger partial charge in [0.1, 0.15) is 11.9 Å². The van der Waals surface area contributed by atoms with E-state index in [-0.39, 0.29) is 16.4 Å². The number of rotatable bonds is 4. The SMILES string of the molecule is CCC(OC)C(=O)c1cc(F)ccc1Cl. The van der Waals surface area contributed by atoms with Crippen molar-refractivity contribution in [2.45, 2.75) is 19.4 Å². The van der Waals surface area contributed by atoms with Crippen molar-refractivity contribution in [3.63, 3.8) is 0 Å². The molecule has 0 aliphatic rings. The largest absolute Gasteiger partial charge is 0.373 e. The Morgan fingerprint density at radius 2 is 2.27 bits per heavy atom. The predicted octanol–water partition coefficient (Wildman–Crippen LogP) is 3.09. The van der Waals surface area contributed by atoms with E-state index in [2.05, 4.69) is 0 Å². The van der Waals surface area contributed by atoms with Gasteiger partial charge in [0.05, 0.1) is 5.02 Å². The van der Waals surface area contributed by atoms with E-state index in [0.717, 1.165) is 6.07 Å². The number of methoxy groups -OCH3 is 1. The molecule has 1 rings (SSSR count). The number of hydrogen-bond donors (Lipinski definition) is 0. The Hall–Kier alpha value is -0.930. The van der Waals surface area contributed by atoms with Crippen molar-refractivity contribution < 1.29 is 13.9 Å². The Bertz CT molecular complexity index is 362. The fourth-order valence-corrected chi connectivity index (χ4v) is 1.53. The molecule has 0 aliphatic carbocycles. The Kier molecular flexibility index (Phi) is 4.24. The number of halogens is 2. The predicted molar refractivity (Wildman–Crippen MR) is 56.8 cm³/mol. The molecule has 1 aromatic rings. The van der Waals surface area contributed by atoms with Crippen LogP contribution in [-0.2, 0) is 4.74 Å². The van der Waals surface area contributed by atoms with Gasteiger partial charge in [-0.15, -0.1) is 0 Å². The lowest BCUT2D eigenvalue weighted by Gasteiger charge is -2.12. The summed E-state index contributed by atoms with van der Waals surface area (Å²) in [4.78, 5) is 11.8. The molecule has 0 aromatic heterocycles. The highest BCUT2D eigenvalue weighted by Gasteiger charge is 2.20. The lowest BCUT2D eigenvalue weighted by Crippen LogP contribution is -2.22. The Morgan fingerprint density at radius 3 is 2.80 bits per heavy atom. The Morgan fingerprint density at radius 1 is 1.60 bits per heavy atom. The smallest absolute Gasteiger partial charge is 0.193 e. The Balaban J connectivity index is 3.04. The van der Waals surface area contributed by atoms with Crippen molar-refractivity contribution in [2.24, 2.45) is 0 Å². The first-order valence-corrected chi connectivity index (χ1v) is 5.00. The zero-order chi connectivity index (χ0) is 11.4. The van der Waals surface area contributed by atoms with Crippen LogP contribution in [0.1, 0.15) is 23.7 Å². The molecule has 0 heterocycles. The summed E-state index contributed by atoms with van der Waals surface area (Å²) in [5.74, 6) is -0.766. The molecule has 1 aromatic carbocycles. The molecule has 1 unspecified atom stereocenters. The minimum atomic E-state index is -0.565. The minimum absolute atomic E-state index is 0.172. The third-order valence-corrected chi connectivity index (χ3v) is 2.47. The normalized spacial score (nSPS) is 12.5. The van der Waals surface area contributed by atoms with E-state index in [1.807, 2.05) is 6.92 Å². The van der Waals surface area contributed by atoms with Crippen LogP contribution >= 0.6 is 11.6 Å². The maximum Gasteiger partial charge on any atom is 0.193 e. The van der Waals surface area contributed by atoms with Crippen LogP contribution in [-0.4, -0.2) is 19.0 Å². The fourth-order valence-electron chi connectivity index (χ4n) is 1.32. The molecular weight excluding hydrogens is 219 g/mol. The highest BCUT2D eigenvalue weighted by atomic mass is 35.5. The summed E-state index contributed by atoms with van der Waals surface area (Å²) in [6.45, 7) is 1.82. The number of carbonyl (C=O) groups is 1. The van der Waals surface area contributed by atoms with E-state index in [1.165, 1.54) is 19.2 Å². The van der Waals surface area contributed by atoms with Crippen molar-refractivity contribution >= 4 is 17.4 Å². The number of ketones is 1. The van der Waals surface area contributed by atoms with Crippen molar-refractivity contribution in [3.05, 3.63) is 34.6 Å². The van der Waals surface area contributed by atoms with Gasteiger partial charge in [-0.2, -0.15) is 0 Å². The Labute approximate surface area is 93.0 Å². The highest BCUT2D eigenvalue weighted by molar-refractivity contribution is 6.34. The van der Waals surface area contributed by atoms with Crippen LogP contribution in [0.4, 0.5) is 4.39 Å². The number of hydrogen-bond acceptors (Lipinski definition) is 2. The molecule has 0 N–H and O–H groups in total. The molecule has 0 fully saturated rings. The van der Waals surface area contributed by atoms with Gasteiger partial charge in [-0.05, 0) is 24.6 Å². The standard InChI is InChI=1S/C11H12ClFO2/c1-3-10(15-2)11(14)8-6-7(13)4-5-9(8)12/h4-6,10H,3H2,1-2H3. The van der Waals surface area contributed by atoms with Crippen LogP contribution in [0.2, 0.25) is 5.02 Å². The first-order chi connectivity index (χ1) is 7.10. The maximum atomic E-state index is 12.9. The van der Waals surface area contributed by atoms with Gasteiger partial charge in [0.2, 0.25) is 0 Å². The molecule has 0 spiro atoms. The summed E-state index contributed by atoms with van der Waals surface area (Å²) in [5, 5.41) is 0.247. The van der Waals surface area contributed by atoms with Crippen LogP contribution in [0, 0.1) is 5.82 Å². The van der Waals surface area contributed by atoms with Gasteiger partial charge in [0.25, 0.3) is 0 Å². The fraction of sp³-hybridized carbons (Fsp3) is 0.364. The van der Waals surface area contributed by atoms with Crippen LogP contribution in [0.15, 0.2) is 18.2 Å². The number of benzene rings is 1. The molecule has 82 valence electrons. The molecular formula is C11H12ClFO2. The monoisotopic (exact) mass is 230 g/mol. The molecule has 2 nitrogen and oxygen atoms in total. The van der Waals surface area contributed by atoms with Gasteiger partial charge in [0.15, 0.2) is 5.78 Å². The molecule has 0 bridgehead atoms. The van der Waals surface area contributed by atoms with Crippen LogP contribution in [0.3, 0.4) is 0 Å². The van der Waals surface area contributed by atoms with Crippen LogP contribution < -0.4 is 0 Å². The van der Waals surface area contributed by atoms with Gasteiger partial charge in [-0.3, -0.25) is 4.79 Å². The topological polar surface area (TPSA) is 26.3 Å². The number of Topliss-reactive ketones (excluding diaryl/α,β-unsaturated/α-hetero) is 1. The van der Waals surface area contributed by atoms with Gasteiger partial charge < -0.3 is 4.74 Å². The molecule has 0 aliphatic heterocycles. The first-order valence-electron chi connectivity index (χ1n) is 4.62. The summed E-state index contributed by atoms with van der Waals surface area (Å²) in [7, 11) is 1.44. The zero-order valence-electron chi connectivity index (χ0n) is 8.59. The third kappa shape index (κ3) is 2.76. The minimum Gasteiger partial charge on any atom is -0.373 e. The van der Waals surface area contributed by atoms with Crippen molar-refractivity contribution in [2.75, 3.05) is 7.11 Å². The molecule has 1 atom stereocenters. The van der Waals surface area contributed by atoms with Gasteiger partial charge >= 0.3 is 0 Å². The average Bonchev–Trinajstić information content (AvgIpc) is 2.23. The molecule has 4 heteroatoms. The zero-order valence-corrected chi connectivity index (χ0v) is 9.34. The van der Waals surface area contributed by atoms with Gasteiger partial charge in [-0.1, -0.05) is 18.5 Å². The van der Waals surface area contributed by atoms with E-state index in [0.29, 0.717) is 6.42 Å². The van der Waals surface area contributed by atoms with Crippen molar-refractivity contribution in [1.29, 1.82) is 0 Å². The molecule has 0 saturated heterocycles. The molecule has 0 saturated carbocycles. The average molecular weight is 231 g/mol. The van der Waals surface area contributed by atoms with Crippen LogP contribution in [0.5, 0.6) is 0 Å². The van der Waals surface area contributed by atoms with E-state index in [4.69, 9.17) is 16.3 Å². The lowest BCUT2D eigenvalue weighted by atomic mass is 10.0. The summed E-state index contributed by atoms with van der Waals surface area (Å²) >= 11 is 5.81. The second kappa shape index (κ2) is 5.24. The summed E-state index contributed by atoms with van der Waals surface area (Å²) in [6.07, 6.45) is -0.0355. The third-order valence-electron chi connectivity index (χ3n) is 2.14. The molecule has 0 amide bonds. The van der Waals surface area contributed by atoms with Gasteiger partial charge in [-0.25, -0.2) is 4.39 Å². The van der Waals surface area contributed by atoms with Crippen molar-refractivity contribution in [1.82, 2.24) is 0 Å². The molecule has 0 radical (unpaired) electrons. The molecule has 15 heavy (non-hydrogen) atoms. The second-order valence-electron chi connectivity index (χ2n) is 3.12. The second-order valence-corrected chi connectivity index (χ2v) is 3.53. The van der Waals surface area contributed by atoms with E-state index >= 15 is 0 Å². The van der Waals surface area contributed by atoms with Crippen LogP contribution in [0.25, 0.3) is 0 Å². The number of ether oxygens (including phenoxy) is 1. The van der Waals surface area contributed by atoms with Gasteiger partial charge in [0, 0.05) is 12.7 Å². The first kappa shape index (κ1) is 12.1. The van der Waals surface area contributed by atoms with Crippen molar-refractivity contribution in [3.8, 4) is 0 Å². The summed E-state index contributed by atoms with van der Waals surface area (Å²) in [5.41, 5.74) is 0.172. The number of carbonyl (C=O) groups excluding carboxylic acids is 1. The van der Waals surface area contributed by atoms with E-state index < -0.39 is 11.9 Å². The highest BCUT2D eigenvalue weighted by Crippen LogP contribution is 2.20. The lowest BCUT2D eigenvalue weighted by molar-refractivity contribution is 0.0595. The summed E-state index contributed by atoms with van der Waals surface area (Å²) < 4.78 is 17.9. The van der Waals surface area contributed by atoms with E-state index in [1.54, 1.807) is 0 Å². The maximum absolute atomic E-state index is 12.9.